The van der Waals surface area contributed by atoms with Crippen LogP contribution in [0.15, 0.2) is 11.6 Å². The molecule has 0 aromatic carbocycles. The van der Waals surface area contributed by atoms with Gasteiger partial charge >= 0.3 is 11.9 Å². The lowest BCUT2D eigenvalue weighted by Gasteiger charge is -2.16. The Labute approximate surface area is 128 Å². The first-order chi connectivity index (χ1) is 8.79. The largest absolute Gasteiger partial charge is 0.427 e. The third-order valence-electron chi connectivity index (χ3n) is 2.57. The van der Waals surface area contributed by atoms with Gasteiger partial charge < -0.3 is 9.47 Å². The summed E-state index contributed by atoms with van der Waals surface area (Å²) < 4.78 is 9.74. The van der Waals surface area contributed by atoms with Crippen molar-refractivity contribution in [1.82, 2.24) is 0 Å². The monoisotopic (exact) mass is 306 g/mol. The van der Waals surface area contributed by atoms with E-state index in [9.17, 15) is 9.59 Å². The molecule has 0 bridgehead atoms. The first kappa shape index (κ1) is 21.3. The molecule has 0 unspecified atom stereocenters. The second kappa shape index (κ2) is 10.7. The van der Waals surface area contributed by atoms with Gasteiger partial charge in [-0.3, -0.25) is 4.79 Å². The number of unbranched alkanes of at least 4 members (excludes halogenated alkanes) is 3. The van der Waals surface area contributed by atoms with Gasteiger partial charge in [-0.05, 0) is 40.5 Å². The van der Waals surface area contributed by atoms with Crippen molar-refractivity contribution in [1.29, 1.82) is 0 Å². The van der Waals surface area contributed by atoms with Gasteiger partial charge in [0.2, 0.25) is 6.79 Å². The van der Waals surface area contributed by atoms with Gasteiger partial charge in [-0.1, -0.05) is 25.8 Å². The van der Waals surface area contributed by atoms with Crippen molar-refractivity contribution in [2.45, 2.75) is 60.3 Å². The predicted molar refractivity (Wildman–Crippen MR) is 81.7 cm³/mol. The molecule has 4 nitrogen and oxygen atoms in total. The highest BCUT2D eigenvalue weighted by molar-refractivity contribution is 5.87. The van der Waals surface area contributed by atoms with Crippen LogP contribution in [0.1, 0.15) is 60.3 Å². The number of ether oxygens (including phenoxy) is 2. The van der Waals surface area contributed by atoms with E-state index in [1.807, 2.05) is 6.08 Å². The minimum atomic E-state index is -0.586. The molecule has 0 spiro atoms. The Balaban J connectivity index is 0. The molecular weight excluding hydrogens is 280 g/mol. The molecule has 0 amide bonds. The summed E-state index contributed by atoms with van der Waals surface area (Å²) in [4.78, 5) is 23.0. The van der Waals surface area contributed by atoms with Gasteiger partial charge in [0.25, 0.3) is 0 Å². The third-order valence-corrected chi connectivity index (χ3v) is 2.57. The first-order valence-corrected chi connectivity index (χ1v) is 6.80. The van der Waals surface area contributed by atoms with E-state index in [-0.39, 0.29) is 25.2 Å². The number of rotatable bonds is 7. The zero-order valence-corrected chi connectivity index (χ0v) is 14.0. The molecule has 20 heavy (non-hydrogen) atoms. The molecular formula is C15H27ClO4. The second-order valence-corrected chi connectivity index (χ2v) is 5.61. The molecule has 0 aliphatic heterocycles. The number of allylic oxidation sites excluding steroid dienone is 1. The van der Waals surface area contributed by atoms with Gasteiger partial charge in [-0.2, -0.15) is 0 Å². The van der Waals surface area contributed by atoms with E-state index >= 15 is 0 Å². The molecule has 0 rings (SSSR count). The summed E-state index contributed by atoms with van der Waals surface area (Å²) in [5, 5.41) is 0. The fourth-order valence-electron chi connectivity index (χ4n) is 1.26. The van der Waals surface area contributed by atoms with Crippen LogP contribution < -0.4 is 0 Å². The lowest BCUT2D eigenvalue weighted by molar-refractivity contribution is -0.171. The maximum absolute atomic E-state index is 11.6. The maximum atomic E-state index is 11.6. The fourth-order valence-corrected chi connectivity index (χ4v) is 1.26. The maximum Gasteiger partial charge on any atom is 0.336 e. The fraction of sp³-hybridized carbons (Fsp3) is 0.733. The molecule has 0 saturated heterocycles. The smallest absolute Gasteiger partial charge is 0.336 e. The van der Waals surface area contributed by atoms with Crippen LogP contribution in [0, 0.1) is 5.41 Å². The molecule has 0 saturated carbocycles. The average Bonchev–Trinajstić information content (AvgIpc) is 2.32. The van der Waals surface area contributed by atoms with E-state index in [2.05, 4.69) is 6.92 Å². The number of esters is 2. The van der Waals surface area contributed by atoms with Crippen LogP contribution in [0.4, 0.5) is 0 Å². The summed E-state index contributed by atoms with van der Waals surface area (Å²) in [5.74, 6) is -0.817. The molecule has 0 heterocycles. The summed E-state index contributed by atoms with van der Waals surface area (Å²) in [6.07, 6.45) is 6.11. The van der Waals surface area contributed by atoms with E-state index < -0.39 is 11.4 Å². The van der Waals surface area contributed by atoms with Gasteiger partial charge in [0.1, 0.15) is 0 Å². The van der Waals surface area contributed by atoms with Gasteiger partial charge in [0, 0.05) is 5.57 Å². The number of hydrogen-bond acceptors (Lipinski definition) is 4. The Bertz CT molecular complexity index is 329. The average molecular weight is 307 g/mol. The van der Waals surface area contributed by atoms with E-state index in [1.165, 1.54) is 0 Å². The molecule has 0 radical (unpaired) electrons. The predicted octanol–water partition coefficient (Wildman–Crippen LogP) is 4.02. The quantitative estimate of drug-likeness (QED) is 0.308. The standard InChI is InChI=1S/C15H26O4.ClH/c1-6-7-8-9-10-12(2)13(16)18-11-19-14(17)15(3,4)5;/h10H,6-9,11H2,1-5H3;1H. The second-order valence-electron chi connectivity index (χ2n) is 5.61. The molecule has 0 aliphatic rings. The summed E-state index contributed by atoms with van der Waals surface area (Å²) in [6.45, 7) is 8.76. The molecule has 0 atom stereocenters. The van der Waals surface area contributed by atoms with Crippen molar-refractivity contribution in [3.63, 3.8) is 0 Å². The normalized spacial score (nSPS) is 11.6. The highest BCUT2D eigenvalue weighted by Crippen LogP contribution is 2.15. The molecule has 0 aromatic heterocycles. The lowest BCUT2D eigenvalue weighted by Crippen LogP contribution is -2.24. The van der Waals surface area contributed by atoms with E-state index in [0.717, 1.165) is 25.7 Å². The van der Waals surface area contributed by atoms with E-state index in [1.54, 1.807) is 27.7 Å². The van der Waals surface area contributed by atoms with Gasteiger partial charge in [0.15, 0.2) is 0 Å². The lowest BCUT2D eigenvalue weighted by atomic mass is 9.98. The van der Waals surface area contributed by atoms with Crippen molar-refractivity contribution in [2.24, 2.45) is 5.41 Å². The first-order valence-electron chi connectivity index (χ1n) is 6.80. The summed E-state index contributed by atoms with van der Waals surface area (Å²) >= 11 is 0. The van der Waals surface area contributed by atoms with E-state index in [4.69, 9.17) is 9.47 Å². The van der Waals surface area contributed by atoms with Gasteiger partial charge in [-0.15, -0.1) is 12.4 Å². The summed E-state index contributed by atoms with van der Waals surface area (Å²) in [6, 6.07) is 0. The van der Waals surface area contributed by atoms with Gasteiger partial charge in [-0.25, -0.2) is 4.79 Å². The number of carbonyl (C=O) groups is 2. The minimum Gasteiger partial charge on any atom is -0.427 e. The summed E-state index contributed by atoms with van der Waals surface area (Å²) in [7, 11) is 0. The van der Waals surface area contributed by atoms with Crippen LogP contribution in [0.25, 0.3) is 0 Å². The van der Waals surface area contributed by atoms with Crippen LogP contribution >= 0.6 is 12.4 Å². The number of halogens is 1. The van der Waals surface area contributed by atoms with Crippen molar-refractivity contribution >= 4 is 24.3 Å². The molecule has 0 aliphatic carbocycles. The Kier molecular flexibility index (Phi) is 11.4. The van der Waals surface area contributed by atoms with E-state index in [0.29, 0.717) is 5.57 Å². The number of carbonyl (C=O) groups excluding carboxylic acids is 2. The highest BCUT2D eigenvalue weighted by atomic mass is 35.5. The summed E-state index contributed by atoms with van der Waals surface area (Å²) in [5.41, 5.74) is -0.0276. The Hall–Kier alpha value is -1.03. The Morgan fingerprint density at radius 2 is 1.70 bits per heavy atom. The molecule has 0 aromatic rings. The number of hydrogen-bond donors (Lipinski definition) is 0. The molecule has 118 valence electrons. The SMILES string of the molecule is CCCCCC=C(C)C(=O)OCOC(=O)C(C)(C)C.Cl. The molecule has 0 N–H and O–H groups in total. The Morgan fingerprint density at radius 1 is 1.10 bits per heavy atom. The Morgan fingerprint density at radius 3 is 2.20 bits per heavy atom. The molecule has 0 fully saturated rings. The van der Waals surface area contributed by atoms with Crippen LogP contribution in [-0.2, 0) is 19.1 Å². The zero-order valence-electron chi connectivity index (χ0n) is 13.2. The van der Waals surface area contributed by atoms with Crippen molar-refractivity contribution < 1.29 is 19.1 Å². The topological polar surface area (TPSA) is 52.6 Å². The van der Waals surface area contributed by atoms with Crippen LogP contribution in [0.5, 0.6) is 0 Å². The van der Waals surface area contributed by atoms with Crippen molar-refractivity contribution in [2.75, 3.05) is 6.79 Å². The zero-order chi connectivity index (χ0) is 14.9. The van der Waals surface area contributed by atoms with Gasteiger partial charge in [0.05, 0.1) is 5.41 Å². The van der Waals surface area contributed by atoms with Crippen molar-refractivity contribution in [3.05, 3.63) is 11.6 Å². The van der Waals surface area contributed by atoms with Crippen LogP contribution in [-0.4, -0.2) is 18.7 Å². The third kappa shape index (κ3) is 9.84. The van der Waals surface area contributed by atoms with Crippen molar-refractivity contribution in [3.8, 4) is 0 Å². The minimum absolute atomic E-state index is 0. The van der Waals surface area contributed by atoms with Crippen LogP contribution in [0.3, 0.4) is 0 Å². The highest BCUT2D eigenvalue weighted by Gasteiger charge is 2.23. The molecule has 5 heteroatoms. The van der Waals surface area contributed by atoms with Crippen LogP contribution in [0.2, 0.25) is 0 Å².